The Morgan fingerprint density at radius 1 is 1.08 bits per heavy atom. The monoisotopic (exact) mass is 367 g/mol. The fourth-order valence-electron chi connectivity index (χ4n) is 3.12. The highest BCUT2D eigenvalue weighted by atomic mass is 35.5. The Bertz CT molecular complexity index is 1160. The van der Waals surface area contributed by atoms with Crippen LogP contribution in [0.4, 0.5) is 15.8 Å². The summed E-state index contributed by atoms with van der Waals surface area (Å²) in [5.41, 5.74) is 3.77. The van der Waals surface area contributed by atoms with Gasteiger partial charge in [0.25, 0.3) is 5.56 Å². The van der Waals surface area contributed by atoms with E-state index >= 15 is 0 Å². The van der Waals surface area contributed by atoms with E-state index in [0.717, 1.165) is 27.9 Å². The van der Waals surface area contributed by atoms with Gasteiger partial charge in [0.15, 0.2) is 0 Å². The first kappa shape index (κ1) is 16.4. The summed E-state index contributed by atoms with van der Waals surface area (Å²) < 4.78 is 15.0. The average Bonchev–Trinajstić information content (AvgIpc) is 2.96. The topological polar surface area (TPSA) is 49.8 Å². The number of aromatic nitrogens is 2. The number of nitrogens with zero attached hydrogens (tertiary/aromatic N) is 1. The van der Waals surface area contributed by atoms with Crippen molar-refractivity contribution < 1.29 is 4.39 Å². The van der Waals surface area contributed by atoms with Crippen molar-refractivity contribution in [2.45, 2.75) is 0 Å². The summed E-state index contributed by atoms with van der Waals surface area (Å²) in [5, 5.41) is 4.72. The van der Waals surface area contributed by atoms with Gasteiger partial charge < -0.3 is 14.9 Å². The van der Waals surface area contributed by atoms with E-state index in [9.17, 15) is 9.18 Å². The molecule has 0 radical (unpaired) electrons. The van der Waals surface area contributed by atoms with E-state index in [0.29, 0.717) is 10.5 Å². The third kappa shape index (κ3) is 2.86. The lowest BCUT2D eigenvalue weighted by atomic mass is 10.0. The van der Waals surface area contributed by atoms with Gasteiger partial charge >= 0.3 is 0 Å². The van der Waals surface area contributed by atoms with Crippen LogP contribution in [0.25, 0.3) is 22.0 Å². The number of nitrogens with one attached hydrogen (secondary N) is 2. The molecule has 0 saturated heterocycles. The van der Waals surface area contributed by atoms with E-state index in [2.05, 4.69) is 10.3 Å². The SMILES string of the molecule is Cn1cc(-c2cc(Cl)ccc2Nc2ccc(F)cc2)c2cc[nH]c(=O)c21. The molecule has 0 bridgehead atoms. The molecule has 6 heteroatoms. The van der Waals surface area contributed by atoms with Crippen molar-refractivity contribution in [3.63, 3.8) is 0 Å². The molecule has 4 nitrogen and oxygen atoms in total. The van der Waals surface area contributed by atoms with E-state index in [4.69, 9.17) is 11.6 Å². The molecule has 0 amide bonds. The Morgan fingerprint density at radius 2 is 1.85 bits per heavy atom. The van der Waals surface area contributed by atoms with Crippen molar-refractivity contribution in [2.24, 2.45) is 7.05 Å². The molecule has 0 aliphatic heterocycles. The number of hydrogen-bond donors (Lipinski definition) is 2. The number of hydrogen-bond acceptors (Lipinski definition) is 2. The molecule has 0 spiro atoms. The van der Waals surface area contributed by atoms with Gasteiger partial charge in [-0.25, -0.2) is 4.39 Å². The molecule has 2 heterocycles. The van der Waals surface area contributed by atoms with Gasteiger partial charge in [-0.2, -0.15) is 0 Å². The molecule has 2 N–H and O–H groups in total. The highest BCUT2D eigenvalue weighted by Gasteiger charge is 2.15. The third-order valence-corrected chi connectivity index (χ3v) is 4.53. The number of anilines is 2. The summed E-state index contributed by atoms with van der Waals surface area (Å²) in [6.45, 7) is 0. The van der Waals surface area contributed by atoms with E-state index in [-0.39, 0.29) is 11.4 Å². The molecule has 130 valence electrons. The molecule has 0 aliphatic carbocycles. The molecular formula is C20H15ClFN3O. The van der Waals surface area contributed by atoms with Crippen LogP contribution in [0.2, 0.25) is 5.02 Å². The first-order chi connectivity index (χ1) is 12.5. The Labute approximate surface area is 153 Å². The normalized spacial score (nSPS) is 11.0. The van der Waals surface area contributed by atoms with Crippen LogP contribution in [0, 0.1) is 5.82 Å². The maximum absolute atomic E-state index is 13.2. The zero-order valence-corrected chi connectivity index (χ0v) is 14.6. The second-order valence-corrected chi connectivity index (χ2v) is 6.48. The Balaban J connectivity index is 1.89. The fraction of sp³-hybridized carbons (Fsp3) is 0.0500. The van der Waals surface area contributed by atoms with Crippen molar-refractivity contribution in [3.8, 4) is 11.1 Å². The van der Waals surface area contributed by atoms with Crippen LogP contribution in [0.15, 0.2) is 65.7 Å². The molecule has 0 aliphatic rings. The average molecular weight is 368 g/mol. The van der Waals surface area contributed by atoms with Gasteiger partial charge in [-0.05, 0) is 48.5 Å². The van der Waals surface area contributed by atoms with Crippen LogP contribution >= 0.6 is 11.6 Å². The summed E-state index contributed by atoms with van der Waals surface area (Å²) >= 11 is 6.23. The second-order valence-electron chi connectivity index (χ2n) is 6.04. The van der Waals surface area contributed by atoms with Crippen LogP contribution < -0.4 is 10.9 Å². The van der Waals surface area contributed by atoms with Crippen LogP contribution in [0.3, 0.4) is 0 Å². The number of pyridine rings is 1. The molecule has 0 saturated carbocycles. The van der Waals surface area contributed by atoms with Gasteiger partial charge in [0.1, 0.15) is 11.3 Å². The predicted octanol–water partition coefficient (Wildman–Crippen LogP) is 5.07. The minimum atomic E-state index is -0.292. The van der Waals surface area contributed by atoms with Crippen LogP contribution in [-0.2, 0) is 7.05 Å². The van der Waals surface area contributed by atoms with Crippen LogP contribution in [0.1, 0.15) is 0 Å². The minimum absolute atomic E-state index is 0.147. The molecule has 0 unspecified atom stereocenters. The lowest BCUT2D eigenvalue weighted by Crippen LogP contribution is -2.07. The second kappa shape index (κ2) is 6.35. The first-order valence-corrected chi connectivity index (χ1v) is 8.40. The highest BCUT2D eigenvalue weighted by molar-refractivity contribution is 6.31. The molecule has 0 atom stereocenters. The predicted molar refractivity (Wildman–Crippen MR) is 104 cm³/mol. The number of benzene rings is 2. The zero-order valence-electron chi connectivity index (χ0n) is 13.9. The molecule has 4 aromatic rings. The van der Waals surface area contributed by atoms with Gasteiger partial charge in [0, 0.05) is 52.4 Å². The van der Waals surface area contributed by atoms with Crippen molar-refractivity contribution >= 4 is 33.9 Å². The van der Waals surface area contributed by atoms with Gasteiger partial charge in [-0.3, -0.25) is 4.79 Å². The smallest absolute Gasteiger partial charge is 0.272 e. The summed E-state index contributed by atoms with van der Waals surface area (Å²) in [6, 6.07) is 13.5. The highest BCUT2D eigenvalue weighted by Crippen LogP contribution is 2.37. The summed E-state index contributed by atoms with van der Waals surface area (Å²) in [7, 11) is 1.83. The molecule has 2 aromatic carbocycles. The Hall–Kier alpha value is -3.05. The Morgan fingerprint density at radius 3 is 2.62 bits per heavy atom. The van der Waals surface area contributed by atoms with Crippen molar-refractivity contribution in [1.29, 1.82) is 0 Å². The van der Waals surface area contributed by atoms with Gasteiger partial charge in [0.05, 0.1) is 0 Å². The van der Waals surface area contributed by atoms with E-state index in [1.165, 1.54) is 12.1 Å². The maximum Gasteiger partial charge on any atom is 0.272 e. The fourth-order valence-corrected chi connectivity index (χ4v) is 3.29. The van der Waals surface area contributed by atoms with Crippen LogP contribution in [0.5, 0.6) is 0 Å². The molecule has 0 fully saturated rings. The van der Waals surface area contributed by atoms with Crippen molar-refractivity contribution in [2.75, 3.05) is 5.32 Å². The number of aromatic amines is 1. The van der Waals surface area contributed by atoms with Crippen molar-refractivity contribution in [3.05, 3.63) is 82.1 Å². The first-order valence-electron chi connectivity index (χ1n) is 8.02. The van der Waals surface area contributed by atoms with E-state index in [1.54, 1.807) is 29.0 Å². The minimum Gasteiger partial charge on any atom is -0.355 e. The number of aryl methyl sites for hydroxylation is 1. The quantitative estimate of drug-likeness (QED) is 0.531. The van der Waals surface area contributed by atoms with Gasteiger partial charge in [0.2, 0.25) is 0 Å². The number of H-pyrrole nitrogens is 1. The molecule has 2 aromatic heterocycles. The van der Waals surface area contributed by atoms with Gasteiger partial charge in [-0.15, -0.1) is 0 Å². The summed E-state index contributed by atoms with van der Waals surface area (Å²) in [5.74, 6) is -0.292. The lowest BCUT2D eigenvalue weighted by Gasteiger charge is -2.12. The summed E-state index contributed by atoms with van der Waals surface area (Å²) in [6.07, 6.45) is 3.53. The van der Waals surface area contributed by atoms with Crippen LogP contribution in [-0.4, -0.2) is 9.55 Å². The number of rotatable bonds is 3. The number of halogens is 2. The zero-order chi connectivity index (χ0) is 18.3. The number of fused-ring (bicyclic) bond motifs is 1. The Kier molecular flexibility index (Phi) is 4.01. The lowest BCUT2D eigenvalue weighted by molar-refractivity contribution is 0.628. The molecule has 4 rings (SSSR count). The molecular weight excluding hydrogens is 353 g/mol. The molecule has 26 heavy (non-hydrogen) atoms. The largest absolute Gasteiger partial charge is 0.355 e. The summed E-state index contributed by atoms with van der Waals surface area (Å²) in [4.78, 5) is 14.9. The van der Waals surface area contributed by atoms with Gasteiger partial charge in [-0.1, -0.05) is 11.6 Å². The maximum atomic E-state index is 13.2. The van der Waals surface area contributed by atoms with Crippen molar-refractivity contribution in [1.82, 2.24) is 9.55 Å². The third-order valence-electron chi connectivity index (χ3n) is 4.30. The van der Waals surface area contributed by atoms with E-state index < -0.39 is 0 Å². The van der Waals surface area contributed by atoms with E-state index in [1.807, 2.05) is 31.4 Å². The standard InChI is InChI=1S/C20H15ClFN3O/c1-25-11-17(15-8-9-23-20(26)19(15)25)16-10-12(21)2-7-18(16)24-14-5-3-13(22)4-6-14/h2-11,24H,1H3,(H,23,26).